The fourth-order valence-electron chi connectivity index (χ4n) is 7.16. The highest BCUT2D eigenvalue weighted by molar-refractivity contribution is 5.94. The number of hydrogen-bond donors (Lipinski definition) is 1. The standard InChI is InChI=1S/C44H54N4O3/c1-8-47(9-2)42(49)44(6,7)37-18-19-39-38(28-37)40(41(46-39)36-26-31(3)25-32(4)27-36)33(5)29-48(24-14-13-15-34-20-22-45-23-21-34)43(50)51-30-35-16-11-10-12-17-35/h10-12,16-23,25-28,33,46H,8-9,13-15,24,29-30H2,1-7H3/t33-/m1/s1. The Kier molecular flexibility index (Phi) is 12.4. The van der Waals surface area contributed by atoms with E-state index in [2.05, 4.69) is 67.1 Å². The van der Waals surface area contributed by atoms with E-state index in [-0.39, 0.29) is 24.5 Å². The maximum Gasteiger partial charge on any atom is 0.410 e. The highest BCUT2D eigenvalue weighted by atomic mass is 16.6. The minimum atomic E-state index is -0.708. The molecule has 0 fully saturated rings. The van der Waals surface area contributed by atoms with E-state index in [1.807, 2.05) is 92.4 Å². The van der Waals surface area contributed by atoms with Crippen LogP contribution in [0.15, 0.2) is 91.3 Å². The number of benzene rings is 3. The van der Waals surface area contributed by atoms with E-state index in [1.54, 1.807) is 0 Å². The first-order valence-corrected chi connectivity index (χ1v) is 18.4. The van der Waals surface area contributed by atoms with Crippen LogP contribution in [0.3, 0.4) is 0 Å². The van der Waals surface area contributed by atoms with Gasteiger partial charge < -0.3 is 19.5 Å². The number of carbonyl (C=O) groups excluding carboxylic acids is 2. The zero-order chi connectivity index (χ0) is 36.5. The van der Waals surface area contributed by atoms with Crippen molar-refractivity contribution in [3.8, 4) is 11.3 Å². The molecule has 7 heteroatoms. The molecule has 0 radical (unpaired) electrons. The summed E-state index contributed by atoms with van der Waals surface area (Å²) in [5.41, 5.74) is 9.15. The summed E-state index contributed by atoms with van der Waals surface area (Å²) in [6.07, 6.45) is 6.05. The van der Waals surface area contributed by atoms with Crippen molar-refractivity contribution in [1.82, 2.24) is 19.8 Å². The molecule has 2 aromatic heterocycles. The number of rotatable bonds is 15. The lowest BCUT2D eigenvalue weighted by atomic mass is 9.81. The Morgan fingerprint density at radius 3 is 2.20 bits per heavy atom. The normalized spacial score (nSPS) is 12.1. The number of H-pyrrole nitrogens is 1. The number of ether oxygens (including phenoxy) is 1. The number of nitrogens with one attached hydrogen (secondary N) is 1. The summed E-state index contributed by atoms with van der Waals surface area (Å²) in [4.78, 5) is 39.2. The number of hydrogen-bond acceptors (Lipinski definition) is 4. The Hall–Kier alpha value is -4.91. The number of nitrogens with zero attached hydrogens (tertiary/aromatic N) is 3. The van der Waals surface area contributed by atoms with Gasteiger partial charge in [0, 0.05) is 55.4 Å². The van der Waals surface area contributed by atoms with Crippen molar-refractivity contribution in [2.24, 2.45) is 0 Å². The summed E-state index contributed by atoms with van der Waals surface area (Å²) in [6, 6.07) is 26.9. The number of aromatic nitrogens is 2. The van der Waals surface area contributed by atoms with Crippen LogP contribution < -0.4 is 0 Å². The van der Waals surface area contributed by atoms with Crippen LogP contribution in [0.25, 0.3) is 22.2 Å². The molecule has 2 amide bonds. The van der Waals surface area contributed by atoms with E-state index < -0.39 is 5.41 Å². The predicted octanol–water partition coefficient (Wildman–Crippen LogP) is 9.76. The molecule has 0 saturated heterocycles. The van der Waals surface area contributed by atoms with Gasteiger partial charge in [-0.1, -0.05) is 60.5 Å². The predicted molar refractivity (Wildman–Crippen MR) is 208 cm³/mol. The molecule has 5 rings (SSSR count). The lowest BCUT2D eigenvalue weighted by Crippen LogP contribution is -2.43. The number of likely N-dealkylation sites (N-methyl/N-ethyl adjacent to an activating group) is 1. The minimum absolute atomic E-state index is 0.0455. The van der Waals surface area contributed by atoms with Gasteiger partial charge in [0.15, 0.2) is 0 Å². The van der Waals surface area contributed by atoms with Crippen LogP contribution in [0.1, 0.15) is 86.8 Å². The van der Waals surface area contributed by atoms with E-state index >= 15 is 0 Å². The van der Waals surface area contributed by atoms with Crippen molar-refractivity contribution < 1.29 is 14.3 Å². The van der Waals surface area contributed by atoms with E-state index in [0.717, 1.165) is 58.1 Å². The lowest BCUT2D eigenvalue weighted by Gasteiger charge is -2.31. The van der Waals surface area contributed by atoms with Crippen molar-refractivity contribution in [1.29, 1.82) is 0 Å². The molecule has 5 aromatic rings. The average Bonchev–Trinajstić information content (AvgIpc) is 3.52. The SMILES string of the molecule is CCN(CC)C(=O)C(C)(C)c1ccc2[nH]c(-c3cc(C)cc(C)c3)c([C@H](C)CN(CCCCc3ccncc3)C(=O)OCc3ccccc3)c2c1. The van der Waals surface area contributed by atoms with Crippen LogP contribution in [0, 0.1) is 13.8 Å². The quantitative estimate of drug-likeness (QED) is 0.111. The maximum absolute atomic E-state index is 13.8. The Balaban J connectivity index is 1.51. The van der Waals surface area contributed by atoms with E-state index in [9.17, 15) is 9.59 Å². The molecule has 268 valence electrons. The van der Waals surface area contributed by atoms with E-state index in [0.29, 0.717) is 26.2 Å². The molecule has 2 heterocycles. The molecule has 0 spiro atoms. The number of fused-ring (bicyclic) bond motifs is 1. The number of unbranched alkanes of at least 4 members (excludes halogenated alkanes) is 1. The van der Waals surface area contributed by atoms with Crippen molar-refractivity contribution in [2.45, 2.75) is 85.7 Å². The van der Waals surface area contributed by atoms with E-state index in [1.165, 1.54) is 16.7 Å². The number of aromatic amines is 1. The maximum atomic E-state index is 13.8. The van der Waals surface area contributed by atoms with Gasteiger partial charge in [-0.15, -0.1) is 0 Å². The van der Waals surface area contributed by atoms with Gasteiger partial charge in [-0.25, -0.2) is 4.79 Å². The number of pyridine rings is 1. The Morgan fingerprint density at radius 2 is 1.53 bits per heavy atom. The van der Waals surface area contributed by atoms with Gasteiger partial charge in [-0.05, 0) is 125 Å². The van der Waals surface area contributed by atoms with Crippen LogP contribution in [-0.2, 0) is 28.0 Å². The second-order valence-corrected chi connectivity index (χ2v) is 14.4. The second kappa shape index (κ2) is 16.9. The molecular weight excluding hydrogens is 633 g/mol. The fourth-order valence-corrected chi connectivity index (χ4v) is 7.16. The molecule has 0 aliphatic heterocycles. The number of amides is 2. The monoisotopic (exact) mass is 686 g/mol. The molecule has 1 atom stereocenters. The van der Waals surface area contributed by atoms with Gasteiger partial charge in [0.05, 0.1) is 11.1 Å². The molecule has 0 bridgehead atoms. The van der Waals surface area contributed by atoms with Gasteiger partial charge in [-0.2, -0.15) is 0 Å². The van der Waals surface area contributed by atoms with Crippen molar-refractivity contribution >= 4 is 22.9 Å². The average molecular weight is 687 g/mol. The zero-order valence-corrected chi connectivity index (χ0v) is 31.5. The van der Waals surface area contributed by atoms with Gasteiger partial charge in [0.1, 0.15) is 6.61 Å². The second-order valence-electron chi connectivity index (χ2n) is 14.4. The van der Waals surface area contributed by atoms with Crippen molar-refractivity contribution in [2.75, 3.05) is 26.2 Å². The van der Waals surface area contributed by atoms with Crippen molar-refractivity contribution in [3.05, 3.63) is 125 Å². The van der Waals surface area contributed by atoms with E-state index in [4.69, 9.17) is 4.74 Å². The summed E-state index contributed by atoms with van der Waals surface area (Å²) in [6.45, 7) is 17.2. The summed E-state index contributed by atoms with van der Waals surface area (Å²) >= 11 is 0. The van der Waals surface area contributed by atoms with Gasteiger partial charge in [0.25, 0.3) is 0 Å². The molecule has 0 aliphatic rings. The van der Waals surface area contributed by atoms with Crippen LogP contribution in [-0.4, -0.2) is 57.9 Å². The highest BCUT2D eigenvalue weighted by Gasteiger charge is 2.34. The summed E-state index contributed by atoms with van der Waals surface area (Å²) in [5.74, 6) is 0.0708. The molecule has 7 nitrogen and oxygen atoms in total. The van der Waals surface area contributed by atoms with Crippen LogP contribution in [0.5, 0.6) is 0 Å². The fraction of sp³-hybridized carbons (Fsp3) is 0.386. The summed E-state index contributed by atoms with van der Waals surface area (Å²) < 4.78 is 5.92. The first-order valence-electron chi connectivity index (χ1n) is 18.4. The van der Waals surface area contributed by atoms with Gasteiger partial charge in [-0.3, -0.25) is 9.78 Å². The zero-order valence-electron chi connectivity index (χ0n) is 31.5. The molecule has 0 saturated carbocycles. The highest BCUT2D eigenvalue weighted by Crippen LogP contribution is 2.39. The molecule has 3 aromatic carbocycles. The number of aryl methyl sites for hydroxylation is 3. The topological polar surface area (TPSA) is 78.5 Å². The third kappa shape index (κ3) is 9.07. The lowest BCUT2D eigenvalue weighted by molar-refractivity contribution is -0.135. The minimum Gasteiger partial charge on any atom is -0.445 e. The Labute approximate surface area is 304 Å². The van der Waals surface area contributed by atoms with Crippen molar-refractivity contribution in [3.63, 3.8) is 0 Å². The summed E-state index contributed by atoms with van der Waals surface area (Å²) in [5, 5.41) is 1.07. The van der Waals surface area contributed by atoms with Crippen LogP contribution >= 0.6 is 0 Å². The van der Waals surface area contributed by atoms with Gasteiger partial charge in [0.2, 0.25) is 5.91 Å². The third-order valence-electron chi connectivity index (χ3n) is 10.00. The Morgan fingerprint density at radius 1 is 0.843 bits per heavy atom. The van der Waals surface area contributed by atoms with Gasteiger partial charge >= 0.3 is 6.09 Å². The largest absolute Gasteiger partial charge is 0.445 e. The first kappa shape index (κ1) is 37.3. The Bertz CT molecular complexity index is 1890. The summed E-state index contributed by atoms with van der Waals surface area (Å²) in [7, 11) is 0. The van der Waals surface area contributed by atoms with Crippen LogP contribution in [0.4, 0.5) is 4.79 Å². The number of carbonyl (C=O) groups is 2. The molecule has 0 unspecified atom stereocenters. The molecule has 1 N–H and O–H groups in total. The molecular formula is C44H54N4O3. The van der Waals surface area contributed by atoms with Crippen LogP contribution in [0.2, 0.25) is 0 Å². The first-order chi connectivity index (χ1) is 24.5. The molecule has 51 heavy (non-hydrogen) atoms. The third-order valence-corrected chi connectivity index (χ3v) is 10.00. The smallest absolute Gasteiger partial charge is 0.410 e. The molecule has 0 aliphatic carbocycles.